The maximum atomic E-state index is 12.9. The zero-order chi connectivity index (χ0) is 13.0. The zero-order valence-electron chi connectivity index (χ0n) is 9.51. The summed E-state index contributed by atoms with van der Waals surface area (Å²) in [5, 5.41) is -0.453. The van der Waals surface area contributed by atoms with E-state index in [4.69, 9.17) is 11.6 Å². The number of carbonyl (C=O) groups excluding carboxylic acids is 1. The number of hydrogen-bond donors (Lipinski definition) is 0. The van der Waals surface area contributed by atoms with E-state index in [-0.39, 0.29) is 5.82 Å². The molecule has 1 aromatic heterocycles. The van der Waals surface area contributed by atoms with Crippen LogP contribution in [-0.2, 0) is 11.2 Å². The number of hydrogen-bond acceptors (Lipinski definition) is 2. The van der Waals surface area contributed by atoms with E-state index < -0.39 is 11.2 Å². The fraction of sp³-hybridized carbons (Fsp3) is 0.143. The van der Waals surface area contributed by atoms with Crippen LogP contribution in [0.15, 0.2) is 48.8 Å². The van der Waals surface area contributed by atoms with Crippen molar-refractivity contribution in [3.8, 4) is 0 Å². The van der Waals surface area contributed by atoms with Crippen LogP contribution in [0, 0.1) is 5.82 Å². The van der Waals surface area contributed by atoms with Crippen LogP contribution >= 0.6 is 11.6 Å². The molecule has 2 aromatic rings. The van der Waals surface area contributed by atoms with Gasteiger partial charge in [0.05, 0.1) is 5.92 Å². The fourth-order valence-electron chi connectivity index (χ4n) is 1.78. The first-order chi connectivity index (χ1) is 8.66. The first kappa shape index (κ1) is 12.7. The molecule has 0 radical (unpaired) electrons. The van der Waals surface area contributed by atoms with E-state index in [0.29, 0.717) is 12.0 Å². The molecular weight excluding hydrogens is 253 g/mol. The van der Waals surface area contributed by atoms with E-state index in [1.807, 2.05) is 6.07 Å². The summed E-state index contributed by atoms with van der Waals surface area (Å²) in [6, 6.07) is 9.49. The average molecular weight is 264 g/mol. The van der Waals surface area contributed by atoms with Crippen LogP contribution in [0.4, 0.5) is 4.39 Å². The van der Waals surface area contributed by atoms with Crippen molar-refractivity contribution in [3.05, 3.63) is 65.7 Å². The van der Waals surface area contributed by atoms with E-state index in [0.717, 1.165) is 5.56 Å². The minimum absolute atomic E-state index is 0.333. The molecule has 18 heavy (non-hydrogen) atoms. The molecular formula is C14H11ClFNO. The van der Waals surface area contributed by atoms with Crippen molar-refractivity contribution < 1.29 is 9.18 Å². The Morgan fingerprint density at radius 2 is 2.00 bits per heavy atom. The molecule has 1 aromatic carbocycles. The highest BCUT2D eigenvalue weighted by Gasteiger charge is 2.19. The molecule has 2 nitrogen and oxygen atoms in total. The normalized spacial score (nSPS) is 12.1. The van der Waals surface area contributed by atoms with Crippen molar-refractivity contribution in [2.75, 3.05) is 0 Å². The van der Waals surface area contributed by atoms with Crippen molar-refractivity contribution in [1.82, 2.24) is 4.98 Å². The number of carbonyl (C=O) groups is 1. The fourth-order valence-corrected chi connectivity index (χ4v) is 1.98. The Bertz CT molecular complexity index is 527. The van der Waals surface area contributed by atoms with Crippen LogP contribution < -0.4 is 0 Å². The van der Waals surface area contributed by atoms with Crippen LogP contribution in [0.3, 0.4) is 0 Å². The van der Waals surface area contributed by atoms with Gasteiger partial charge in [-0.1, -0.05) is 18.2 Å². The molecule has 0 saturated carbocycles. The van der Waals surface area contributed by atoms with Crippen LogP contribution in [0.1, 0.15) is 17.0 Å². The van der Waals surface area contributed by atoms with Gasteiger partial charge in [-0.05, 0) is 47.3 Å². The standard InChI is InChI=1S/C14H11ClFNO/c15-14(18)13(8-10-2-1-7-17-9-10)11-3-5-12(16)6-4-11/h1-7,9,13H,8H2. The van der Waals surface area contributed by atoms with E-state index in [9.17, 15) is 9.18 Å². The molecule has 1 atom stereocenters. The second-order valence-electron chi connectivity index (χ2n) is 3.97. The molecule has 1 heterocycles. The highest BCUT2D eigenvalue weighted by atomic mass is 35.5. The molecule has 0 aliphatic carbocycles. The lowest BCUT2D eigenvalue weighted by Gasteiger charge is -2.12. The smallest absolute Gasteiger partial charge is 0.229 e. The number of halogens is 2. The summed E-state index contributed by atoms with van der Waals surface area (Å²) in [6.07, 6.45) is 3.82. The second-order valence-corrected chi connectivity index (χ2v) is 4.35. The number of pyridine rings is 1. The largest absolute Gasteiger partial charge is 0.281 e. The van der Waals surface area contributed by atoms with Crippen molar-refractivity contribution in [2.24, 2.45) is 0 Å². The lowest BCUT2D eigenvalue weighted by atomic mass is 9.94. The monoisotopic (exact) mass is 263 g/mol. The van der Waals surface area contributed by atoms with Gasteiger partial charge in [0.25, 0.3) is 0 Å². The quantitative estimate of drug-likeness (QED) is 0.792. The number of benzene rings is 1. The zero-order valence-corrected chi connectivity index (χ0v) is 10.3. The Morgan fingerprint density at radius 1 is 1.28 bits per heavy atom. The molecule has 0 fully saturated rings. The second kappa shape index (κ2) is 5.74. The van der Waals surface area contributed by atoms with Crippen molar-refractivity contribution in [2.45, 2.75) is 12.3 Å². The SMILES string of the molecule is O=C(Cl)C(Cc1cccnc1)c1ccc(F)cc1. The van der Waals surface area contributed by atoms with Crippen LogP contribution in [0.25, 0.3) is 0 Å². The summed E-state index contributed by atoms with van der Waals surface area (Å²) in [6.45, 7) is 0. The summed E-state index contributed by atoms with van der Waals surface area (Å²) in [7, 11) is 0. The van der Waals surface area contributed by atoms with Crippen LogP contribution in [0.5, 0.6) is 0 Å². The molecule has 0 aliphatic rings. The molecule has 4 heteroatoms. The Hall–Kier alpha value is -1.74. The lowest BCUT2D eigenvalue weighted by molar-refractivity contribution is -0.113. The average Bonchev–Trinajstić information content (AvgIpc) is 2.38. The highest BCUT2D eigenvalue weighted by molar-refractivity contribution is 6.64. The Kier molecular flexibility index (Phi) is 4.05. The molecule has 0 spiro atoms. The van der Waals surface area contributed by atoms with Crippen molar-refractivity contribution in [1.29, 1.82) is 0 Å². The Labute approximate surface area is 109 Å². The summed E-state index contributed by atoms with van der Waals surface area (Å²) in [5.74, 6) is -0.808. The molecule has 0 saturated heterocycles. The van der Waals surface area contributed by atoms with Crippen LogP contribution in [-0.4, -0.2) is 10.2 Å². The number of aromatic nitrogens is 1. The molecule has 1 unspecified atom stereocenters. The van der Waals surface area contributed by atoms with E-state index >= 15 is 0 Å². The third-order valence-electron chi connectivity index (χ3n) is 2.71. The van der Waals surface area contributed by atoms with Gasteiger partial charge in [0.2, 0.25) is 5.24 Å². The van der Waals surface area contributed by atoms with Gasteiger partial charge in [-0.15, -0.1) is 0 Å². The highest BCUT2D eigenvalue weighted by Crippen LogP contribution is 2.23. The maximum Gasteiger partial charge on any atom is 0.229 e. The summed E-state index contributed by atoms with van der Waals surface area (Å²) in [5.41, 5.74) is 1.63. The van der Waals surface area contributed by atoms with E-state index in [1.54, 1.807) is 30.6 Å². The number of rotatable bonds is 4. The minimum Gasteiger partial charge on any atom is -0.281 e. The van der Waals surface area contributed by atoms with Gasteiger partial charge < -0.3 is 0 Å². The molecule has 0 N–H and O–H groups in total. The third-order valence-corrected chi connectivity index (χ3v) is 2.97. The molecule has 0 amide bonds. The first-order valence-electron chi connectivity index (χ1n) is 5.50. The predicted molar refractivity (Wildman–Crippen MR) is 67.9 cm³/mol. The topological polar surface area (TPSA) is 30.0 Å². The van der Waals surface area contributed by atoms with Gasteiger partial charge in [-0.25, -0.2) is 4.39 Å². The van der Waals surface area contributed by atoms with E-state index in [1.165, 1.54) is 12.1 Å². The minimum atomic E-state index is -0.475. The van der Waals surface area contributed by atoms with Crippen molar-refractivity contribution in [3.63, 3.8) is 0 Å². The summed E-state index contributed by atoms with van der Waals surface area (Å²) >= 11 is 5.61. The van der Waals surface area contributed by atoms with Gasteiger partial charge in [0.1, 0.15) is 5.82 Å². The lowest BCUT2D eigenvalue weighted by Crippen LogP contribution is -2.10. The summed E-state index contributed by atoms with van der Waals surface area (Å²) in [4.78, 5) is 15.5. The van der Waals surface area contributed by atoms with E-state index in [2.05, 4.69) is 4.98 Å². The van der Waals surface area contributed by atoms with Gasteiger partial charge in [0, 0.05) is 12.4 Å². The maximum absolute atomic E-state index is 12.9. The molecule has 2 rings (SSSR count). The predicted octanol–water partition coefficient (Wildman–Crippen LogP) is 3.31. The Morgan fingerprint density at radius 3 is 2.56 bits per heavy atom. The summed E-state index contributed by atoms with van der Waals surface area (Å²) < 4.78 is 12.9. The van der Waals surface area contributed by atoms with Crippen LogP contribution in [0.2, 0.25) is 0 Å². The third kappa shape index (κ3) is 3.14. The first-order valence-corrected chi connectivity index (χ1v) is 5.88. The molecule has 92 valence electrons. The van der Waals surface area contributed by atoms with Gasteiger partial charge in [-0.2, -0.15) is 0 Å². The number of nitrogens with zero attached hydrogens (tertiary/aromatic N) is 1. The van der Waals surface area contributed by atoms with Gasteiger partial charge in [-0.3, -0.25) is 9.78 Å². The van der Waals surface area contributed by atoms with Gasteiger partial charge in [0.15, 0.2) is 0 Å². The molecule has 0 bridgehead atoms. The van der Waals surface area contributed by atoms with Gasteiger partial charge >= 0.3 is 0 Å². The Balaban J connectivity index is 2.24. The van der Waals surface area contributed by atoms with Crippen molar-refractivity contribution >= 4 is 16.8 Å². The molecule has 0 aliphatic heterocycles.